The van der Waals surface area contributed by atoms with E-state index in [1.165, 1.54) is 0 Å². The molecule has 0 bridgehead atoms. The number of hydrogen-bond acceptors (Lipinski definition) is 4. The van der Waals surface area contributed by atoms with Gasteiger partial charge in [0.1, 0.15) is 0 Å². The molecule has 1 N–H and O–H groups in total. The van der Waals surface area contributed by atoms with Gasteiger partial charge in [0.2, 0.25) is 11.7 Å². The maximum absolute atomic E-state index is 5.65. The molecule has 0 unspecified atom stereocenters. The van der Waals surface area contributed by atoms with Crippen molar-refractivity contribution in [3.8, 4) is 11.4 Å². The Balaban J connectivity index is 1.92. The third-order valence-electron chi connectivity index (χ3n) is 4.25. The lowest BCUT2D eigenvalue weighted by atomic mass is 9.75. The van der Waals surface area contributed by atoms with Crippen LogP contribution >= 0.6 is 15.9 Å². The smallest absolute Gasteiger partial charge is 0.233 e. The summed E-state index contributed by atoms with van der Waals surface area (Å²) in [6.45, 7) is 4.26. The van der Waals surface area contributed by atoms with E-state index in [0.717, 1.165) is 54.7 Å². The Labute approximate surface area is 133 Å². The second-order valence-corrected chi connectivity index (χ2v) is 6.63. The summed E-state index contributed by atoms with van der Waals surface area (Å²) >= 11 is 3.48. The molecule has 0 saturated carbocycles. The molecule has 1 aliphatic heterocycles. The second-order valence-electron chi connectivity index (χ2n) is 5.71. The number of piperidine rings is 1. The van der Waals surface area contributed by atoms with Gasteiger partial charge in [0.05, 0.1) is 5.41 Å². The second kappa shape index (κ2) is 6.28. The van der Waals surface area contributed by atoms with Crippen molar-refractivity contribution in [3.05, 3.63) is 34.6 Å². The van der Waals surface area contributed by atoms with Crippen molar-refractivity contribution in [1.29, 1.82) is 0 Å². The minimum atomic E-state index is 0.0528. The van der Waals surface area contributed by atoms with Gasteiger partial charge < -0.3 is 9.84 Å². The van der Waals surface area contributed by atoms with Crippen molar-refractivity contribution >= 4 is 15.9 Å². The van der Waals surface area contributed by atoms with Crippen molar-refractivity contribution < 1.29 is 4.52 Å². The zero-order valence-corrected chi connectivity index (χ0v) is 13.8. The largest absolute Gasteiger partial charge is 0.338 e. The SMILES string of the molecule is CCCC1(c2nc(-c3cccc(Br)c3)no2)CCNCC1. The number of aromatic nitrogens is 2. The highest BCUT2D eigenvalue weighted by molar-refractivity contribution is 9.10. The van der Waals surface area contributed by atoms with Crippen LogP contribution in [0.1, 0.15) is 38.5 Å². The topological polar surface area (TPSA) is 51.0 Å². The molecule has 0 radical (unpaired) electrons. The first-order valence-electron chi connectivity index (χ1n) is 7.54. The fourth-order valence-corrected chi connectivity index (χ4v) is 3.54. The number of halogens is 1. The highest BCUT2D eigenvalue weighted by Crippen LogP contribution is 2.37. The van der Waals surface area contributed by atoms with E-state index >= 15 is 0 Å². The molecule has 3 rings (SSSR count). The Bertz CT molecular complexity index is 600. The van der Waals surface area contributed by atoms with Crippen LogP contribution in [0.2, 0.25) is 0 Å². The molecule has 2 aromatic rings. The predicted octanol–water partition coefficient (Wildman–Crippen LogP) is 3.92. The van der Waals surface area contributed by atoms with Gasteiger partial charge in [0.15, 0.2) is 0 Å². The van der Waals surface area contributed by atoms with Gasteiger partial charge >= 0.3 is 0 Å². The van der Waals surface area contributed by atoms with Crippen LogP contribution in [0.15, 0.2) is 33.3 Å². The van der Waals surface area contributed by atoms with Gasteiger partial charge in [0.25, 0.3) is 0 Å². The first-order chi connectivity index (χ1) is 10.2. The Morgan fingerprint density at radius 3 is 2.86 bits per heavy atom. The fourth-order valence-electron chi connectivity index (χ4n) is 3.14. The third kappa shape index (κ3) is 3.04. The van der Waals surface area contributed by atoms with Gasteiger partial charge in [-0.05, 0) is 44.5 Å². The van der Waals surface area contributed by atoms with Crippen molar-refractivity contribution in [3.63, 3.8) is 0 Å². The zero-order chi connectivity index (χ0) is 14.7. The Morgan fingerprint density at radius 2 is 2.14 bits per heavy atom. The number of benzene rings is 1. The quantitative estimate of drug-likeness (QED) is 0.908. The summed E-state index contributed by atoms with van der Waals surface area (Å²) in [6.07, 6.45) is 4.38. The summed E-state index contributed by atoms with van der Waals surface area (Å²) in [7, 11) is 0. The molecule has 1 fully saturated rings. The lowest BCUT2D eigenvalue weighted by Crippen LogP contribution is -2.40. The molecular weight excluding hydrogens is 330 g/mol. The molecule has 0 amide bonds. The third-order valence-corrected chi connectivity index (χ3v) is 4.74. The lowest BCUT2D eigenvalue weighted by molar-refractivity contribution is 0.208. The summed E-state index contributed by atoms with van der Waals surface area (Å²) in [5, 5.41) is 7.62. The molecule has 1 aromatic carbocycles. The number of nitrogens with zero attached hydrogens (tertiary/aromatic N) is 2. The van der Waals surface area contributed by atoms with E-state index in [1.807, 2.05) is 24.3 Å². The molecule has 21 heavy (non-hydrogen) atoms. The van der Waals surface area contributed by atoms with E-state index in [1.54, 1.807) is 0 Å². The maximum Gasteiger partial charge on any atom is 0.233 e. The Hall–Kier alpha value is -1.20. The van der Waals surface area contributed by atoms with Crippen molar-refractivity contribution in [2.24, 2.45) is 0 Å². The molecule has 5 heteroatoms. The van der Waals surface area contributed by atoms with Crippen LogP contribution in [0.5, 0.6) is 0 Å². The van der Waals surface area contributed by atoms with E-state index in [4.69, 9.17) is 9.51 Å². The first kappa shape index (κ1) is 14.7. The number of rotatable bonds is 4. The zero-order valence-electron chi connectivity index (χ0n) is 12.2. The van der Waals surface area contributed by atoms with Gasteiger partial charge in [-0.2, -0.15) is 4.98 Å². The summed E-state index contributed by atoms with van der Waals surface area (Å²) < 4.78 is 6.67. The molecule has 1 aliphatic rings. The van der Waals surface area contributed by atoms with E-state index in [9.17, 15) is 0 Å². The van der Waals surface area contributed by atoms with Crippen LogP contribution in [0, 0.1) is 0 Å². The van der Waals surface area contributed by atoms with Crippen LogP contribution in [-0.2, 0) is 5.41 Å². The average Bonchev–Trinajstić information content (AvgIpc) is 2.99. The standard InChI is InChI=1S/C16H20BrN3O/c1-2-6-16(7-9-18-10-8-16)15-19-14(20-21-15)12-4-3-5-13(17)11-12/h3-5,11,18H,2,6-10H2,1H3. The van der Waals surface area contributed by atoms with Gasteiger partial charge in [-0.15, -0.1) is 0 Å². The summed E-state index contributed by atoms with van der Waals surface area (Å²) in [4.78, 5) is 4.71. The van der Waals surface area contributed by atoms with Crippen LogP contribution in [0.3, 0.4) is 0 Å². The Kier molecular flexibility index (Phi) is 4.40. The normalized spacial score (nSPS) is 17.8. The molecule has 0 aliphatic carbocycles. The Morgan fingerprint density at radius 1 is 1.33 bits per heavy atom. The van der Waals surface area contributed by atoms with Crippen molar-refractivity contribution in [1.82, 2.24) is 15.5 Å². The molecular formula is C16H20BrN3O. The number of nitrogens with one attached hydrogen (secondary N) is 1. The summed E-state index contributed by atoms with van der Waals surface area (Å²) in [5.74, 6) is 1.49. The van der Waals surface area contributed by atoms with Crippen molar-refractivity contribution in [2.75, 3.05) is 13.1 Å². The minimum absolute atomic E-state index is 0.0528. The molecule has 112 valence electrons. The summed E-state index contributed by atoms with van der Waals surface area (Å²) in [5.41, 5.74) is 1.04. The highest BCUT2D eigenvalue weighted by atomic mass is 79.9. The molecule has 0 atom stereocenters. The highest BCUT2D eigenvalue weighted by Gasteiger charge is 2.38. The predicted molar refractivity (Wildman–Crippen MR) is 86.1 cm³/mol. The maximum atomic E-state index is 5.65. The van der Waals surface area contributed by atoms with Gasteiger partial charge in [-0.3, -0.25) is 0 Å². The first-order valence-corrected chi connectivity index (χ1v) is 8.34. The fraction of sp³-hybridized carbons (Fsp3) is 0.500. The van der Waals surface area contributed by atoms with Gasteiger partial charge in [-0.1, -0.05) is 46.6 Å². The van der Waals surface area contributed by atoms with Crippen LogP contribution in [0.25, 0.3) is 11.4 Å². The van der Waals surface area contributed by atoms with E-state index < -0.39 is 0 Å². The molecule has 1 aromatic heterocycles. The summed E-state index contributed by atoms with van der Waals surface area (Å²) in [6, 6.07) is 8.01. The van der Waals surface area contributed by atoms with Crippen LogP contribution < -0.4 is 5.32 Å². The van der Waals surface area contributed by atoms with E-state index in [2.05, 4.69) is 33.3 Å². The van der Waals surface area contributed by atoms with Crippen molar-refractivity contribution in [2.45, 2.75) is 38.0 Å². The van der Waals surface area contributed by atoms with Crippen LogP contribution in [0.4, 0.5) is 0 Å². The average molecular weight is 350 g/mol. The molecule has 1 saturated heterocycles. The van der Waals surface area contributed by atoms with E-state index in [0.29, 0.717) is 5.82 Å². The van der Waals surface area contributed by atoms with Gasteiger partial charge in [0, 0.05) is 10.0 Å². The minimum Gasteiger partial charge on any atom is -0.338 e. The monoisotopic (exact) mass is 349 g/mol. The molecule has 0 spiro atoms. The molecule has 2 heterocycles. The molecule has 4 nitrogen and oxygen atoms in total. The van der Waals surface area contributed by atoms with Crippen LogP contribution in [-0.4, -0.2) is 23.2 Å². The van der Waals surface area contributed by atoms with Gasteiger partial charge in [-0.25, -0.2) is 0 Å². The van der Waals surface area contributed by atoms with E-state index in [-0.39, 0.29) is 5.41 Å². The number of hydrogen-bond donors (Lipinski definition) is 1. The lowest BCUT2D eigenvalue weighted by Gasteiger charge is -2.34.